The van der Waals surface area contributed by atoms with E-state index < -0.39 is 0 Å². The number of benzene rings is 1. The Balaban J connectivity index is 1.77. The van der Waals surface area contributed by atoms with Crippen molar-refractivity contribution in [1.29, 1.82) is 0 Å². The van der Waals surface area contributed by atoms with Crippen LogP contribution in [0.2, 0.25) is 0 Å². The smallest absolute Gasteiger partial charge is 0.123 e. The molecule has 2 atom stereocenters. The molecule has 3 heteroatoms. The third kappa shape index (κ3) is 3.25. The van der Waals surface area contributed by atoms with Crippen LogP contribution in [0.4, 0.5) is 0 Å². The number of hydrogen-bond donors (Lipinski definition) is 0. The fraction of sp³-hybridized carbons (Fsp3) is 0.619. The summed E-state index contributed by atoms with van der Waals surface area (Å²) in [5, 5.41) is 2.25. The van der Waals surface area contributed by atoms with E-state index in [9.17, 15) is 0 Å². The average molecular weight is 329 g/mol. The van der Waals surface area contributed by atoms with Crippen molar-refractivity contribution in [3.8, 4) is 5.75 Å². The molecule has 132 valence electrons. The first-order chi connectivity index (χ1) is 11.3. The lowest BCUT2D eigenvalue weighted by Crippen LogP contribution is -2.58. The predicted molar refractivity (Wildman–Crippen MR) is 98.2 cm³/mol. The molecule has 3 nitrogen and oxygen atoms in total. The first kappa shape index (κ1) is 17.5. The van der Waals surface area contributed by atoms with Gasteiger partial charge >= 0.3 is 0 Å². The Morgan fingerprint density at radius 3 is 2.54 bits per heavy atom. The lowest BCUT2D eigenvalue weighted by Gasteiger charge is -2.51. The van der Waals surface area contributed by atoms with Crippen molar-refractivity contribution in [3.05, 3.63) is 42.5 Å². The molecule has 1 aromatic rings. The molecule has 0 bridgehead atoms. The van der Waals surface area contributed by atoms with E-state index in [4.69, 9.17) is 9.57 Å². The number of piperidine rings is 1. The molecule has 2 aliphatic rings. The molecule has 1 aromatic carbocycles. The summed E-state index contributed by atoms with van der Waals surface area (Å²) in [7, 11) is 0. The number of nitrogens with zero attached hydrogens (tertiary/aromatic N) is 1. The Labute approximate surface area is 146 Å². The van der Waals surface area contributed by atoms with Crippen LogP contribution in [0.3, 0.4) is 0 Å². The zero-order valence-electron chi connectivity index (χ0n) is 15.5. The number of hydroxylamine groups is 2. The van der Waals surface area contributed by atoms with E-state index in [2.05, 4.69) is 57.5 Å². The van der Waals surface area contributed by atoms with Gasteiger partial charge in [0, 0.05) is 23.1 Å². The quantitative estimate of drug-likeness (QED) is 0.703. The maximum Gasteiger partial charge on any atom is 0.123 e. The van der Waals surface area contributed by atoms with E-state index in [0.717, 1.165) is 12.2 Å². The molecular weight excluding hydrogens is 298 g/mol. The number of para-hydroxylation sites is 1. The Hall–Kier alpha value is -1.32. The van der Waals surface area contributed by atoms with Crippen molar-refractivity contribution in [1.82, 2.24) is 5.06 Å². The van der Waals surface area contributed by atoms with Crippen LogP contribution in [-0.2, 0) is 4.84 Å². The summed E-state index contributed by atoms with van der Waals surface area (Å²) < 4.78 is 6.13. The van der Waals surface area contributed by atoms with Crippen LogP contribution in [0.25, 0.3) is 0 Å². The summed E-state index contributed by atoms with van der Waals surface area (Å²) in [6.07, 6.45) is 6.51. The largest absolute Gasteiger partial charge is 0.489 e. The van der Waals surface area contributed by atoms with E-state index in [-0.39, 0.29) is 23.1 Å². The van der Waals surface area contributed by atoms with Crippen LogP contribution in [0, 0.1) is 0 Å². The maximum absolute atomic E-state index is 6.45. The molecule has 0 N–H and O–H groups in total. The SMILES string of the molecule is C=CC[C@H]1Oc2ccccc2[C@@H]1CON1C(C)(C)CCCC1(C)C. The first-order valence-corrected chi connectivity index (χ1v) is 9.15. The summed E-state index contributed by atoms with van der Waals surface area (Å²) >= 11 is 0. The van der Waals surface area contributed by atoms with Crippen LogP contribution < -0.4 is 4.74 Å². The van der Waals surface area contributed by atoms with Crippen LogP contribution in [0.15, 0.2) is 36.9 Å². The Morgan fingerprint density at radius 2 is 1.88 bits per heavy atom. The van der Waals surface area contributed by atoms with Gasteiger partial charge in [-0.2, -0.15) is 5.06 Å². The number of rotatable bonds is 5. The molecule has 0 saturated carbocycles. The van der Waals surface area contributed by atoms with Gasteiger partial charge in [-0.15, -0.1) is 6.58 Å². The van der Waals surface area contributed by atoms with Gasteiger partial charge in [-0.25, -0.2) is 0 Å². The highest BCUT2D eigenvalue weighted by Gasteiger charge is 2.44. The molecule has 3 rings (SSSR count). The first-order valence-electron chi connectivity index (χ1n) is 9.15. The second-order valence-electron chi connectivity index (χ2n) is 8.39. The highest BCUT2D eigenvalue weighted by Crippen LogP contribution is 2.42. The van der Waals surface area contributed by atoms with Crippen molar-refractivity contribution in [3.63, 3.8) is 0 Å². The molecule has 0 amide bonds. The Kier molecular flexibility index (Phi) is 4.76. The maximum atomic E-state index is 6.45. The summed E-state index contributed by atoms with van der Waals surface area (Å²) in [6, 6.07) is 8.34. The second-order valence-corrected chi connectivity index (χ2v) is 8.39. The fourth-order valence-corrected chi connectivity index (χ4v) is 4.39. The topological polar surface area (TPSA) is 21.7 Å². The lowest BCUT2D eigenvalue weighted by molar-refractivity contribution is -0.284. The molecule has 1 saturated heterocycles. The van der Waals surface area contributed by atoms with E-state index in [1.54, 1.807) is 0 Å². The Morgan fingerprint density at radius 1 is 1.21 bits per heavy atom. The van der Waals surface area contributed by atoms with Gasteiger partial charge in [-0.1, -0.05) is 24.3 Å². The van der Waals surface area contributed by atoms with Crippen LogP contribution in [0.1, 0.15) is 64.9 Å². The lowest BCUT2D eigenvalue weighted by atomic mass is 9.82. The zero-order valence-corrected chi connectivity index (χ0v) is 15.5. The van der Waals surface area contributed by atoms with E-state index in [1.807, 2.05) is 12.1 Å². The highest BCUT2D eigenvalue weighted by atomic mass is 16.7. The molecule has 1 fully saturated rings. The molecule has 0 unspecified atom stereocenters. The van der Waals surface area contributed by atoms with Gasteiger partial charge < -0.3 is 4.74 Å². The van der Waals surface area contributed by atoms with Gasteiger partial charge in [0.1, 0.15) is 11.9 Å². The zero-order chi connectivity index (χ0) is 17.4. The molecule has 0 radical (unpaired) electrons. The second kappa shape index (κ2) is 6.53. The Bertz CT molecular complexity index is 577. The normalized spacial score (nSPS) is 28.2. The van der Waals surface area contributed by atoms with E-state index in [0.29, 0.717) is 6.61 Å². The standard InChI is InChI=1S/C21H31NO2/c1-6-10-18-17(16-11-7-8-12-19(16)24-18)15-23-22-20(2,3)13-9-14-21(22,4)5/h6-8,11-12,17-18H,1,9-10,13-15H2,2-5H3/t17-,18+/m0/s1. The highest BCUT2D eigenvalue weighted by molar-refractivity contribution is 5.41. The van der Waals surface area contributed by atoms with Gasteiger partial charge in [-0.3, -0.25) is 4.84 Å². The number of fused-ring (bicyclic) bond motifs is 1. The van der Waals surface area contributed by atoms with Crippen molar-refractivity contribution >= 4 is 0 Å². The minimum absolute atomic E-state index is 0.0641. The molecule has 2 heterocycles. The average Bonchev–Trinajstić information content (AvgIpc) is 2.84. The fourth-order valence-electron chi connectivity index (χ4n) is 4.39. The van der Waals surface area contributed by atoms with E-state index in [1.165, 1.54) is 24.8 Å². The molecule has 24 heavy (non-hydrogen) atoms. The summed E-state index contributed by atoms with van der Waals surface area (Å²) in [6.45, 7) is 13.7. The van der Waals surface area contributed by atoms with Gasteiger partial charge in [0.05, 0.1) is 12.5 Å². The molecule has 2 aliphatic heterocycles. The van der Waals surface area contributed by atoms with Gasteiger partial charge in [0.25, 0.3) is 0 Å². The van der Waals surface area contributed by atoms with E-state index >= 15 is 0 Å². The van der Waals surface area contributed by atoms with Gasteiger partial charge in [0.15, 0.2) is 0 Å². The monoisotopic (exact) mass is 329 g/mol. The summed E-state index contributed by atoms with van der Waals surface area (Å²) in [5.74, 6) is 1.25. The van der Waals surface area contributed by atoms with Crippen LogP contribution in [0.5, 0.6) is 5.75 Å². The van der Waals surface area contributed by atoms with Gasteiger partial charge in [0.2, 0.25) is 0 Å². The van der Waals surface area contributed by atoms with Crippen molar-refractivity contribution in [2.75, 3.05) is 6.61 Å². The number of ether oxygens (including phenoxy) is 1. The molecule has 0 spiro atoms. The molecule has 0 aromatic heterocycles. The van der Waals surface area contributed by atoms with Crippen molar-refractivity contribution in [2.45, 2.75) is 76.5 Å². The minimum atomic E-state index is 0.0641. The van der Waals surface area contributed by atoms with Gasteiger partial charge in [-0.05, 0) is 53.0 Å². The number of hydrogen-bond acceptors (Lipinski definition) is 3. The summed E-state index contributed by atoms with van der Waals surface area (Å²) in [4.78, 5) is 6.45. The van der Waals surface area contributed by atoms with Crippen LogP contribution in [-0.4, -0.2) is 28.9 Å². The predicted octanol–water partition coefficient (Wildman–Crippen LogP) is 5.08. The summed E-state index contributed by atoms with van der Waals surface area (Å²) in [5.41, 5.74) is 1.39. The third-order valence-corrected chi connectivity index (χ3v) is 5.50. The third-order valence-electron chi connectivity index (χ3n) is 5.50. The van der Waals surface area contributed by atoms with Crippen molar-refractivity contribution in [2.24, 2.45) is 0 Å². The minimum Gasteiger partial charge on any atom is -0.489 e. The van der Waals surface area contributed by atoms with Crippen molar-refractivity contribution < 1.29 is 9.57 Å². The molecular formula is C21H31NO2. The van der Waals surface area contributed by atoms with Crippen LogP contribution >= 0.6 is 0 Å². The molecule has 0 aliphatic carbocycles.